The molecule has 1 aliphatic heterocycles. The zero-order valence-corrected chi connectivity index (χ0v) is 17.7. The minimum atomic E-state index is -1.13. The first-order chi connectivity index (χ1) is 15.1. The van der Waals surface area contributed by atoms with Crippen LogP contribution in [-0.4, -0.2) is 46.2 Å². The third kappa shape index (κ3) is 5.32. The van der Waals surface area contributed by atoms with Crippen LogP contribution < -0.4 is 10.6 Å². The van der Waals surface area contributed by atoms with E-state index in [1.165, 1.54) is 6.42 Å². The van der Waals surface area contributed by atoms with Crippen molar-refractivity contribution >= 4 is 11.8 Å². The molecule has 3 N–H and O–H groups in total. The summed E-state index contributed by atoms with van der Waals surface area (Å²) in [5.41, 5.74) is 1.93. The fraction of sp³-hybridized carbons (Fsp3) is 0.440. The van der Waals surface area contributed by atoms with Crippen LogP contribution >= 0.6 is 0 Å². The number of amides is 2. The zero-order valence-electron chi connectivity index (χ0n) is 17.7. The average molecular weight is 422 g/mol. The maximum atomic E-state index is 13.5. The van der Waals surface area contributed by atoms with Crippen molar-refractivity contribution in [3.05, 3.63) is 71.8 Å². The van der Waals surface area contributed by atoms with E-state index in [-0.39, 0.29) is 24.4 Å². The van der Waals surface area contributed by atoms with Gasteiger partial charge in [-0.2, -0.15) is 0 Å². The lowest BCUT2D eigenvalue weighted by Crippen LogP contribution is -2.69. The van der Waals surface area contributed by atoms with Crippen molar-refractivity contribution in [2.45, 2.75) is 69.4 Å². The van der Waals surface area contributed by atoms with Gasteiger partial charge < -0.3 is 15.3 Å². The first kappa shape index (κ1) is 21.5. The number of benzene rings is 2. The predicted molar refractivity (Wildman–Crippen MR) is 119 cm³/mol. The van der Waals surface area contributed by atoms with E-state index in [9.17, 15) is 14.7 Å². The molecule has 0 aromatic heterocycles. The molecule has 1 heterocycles. The lowest BCUT2D eigenvalue weighted by Gasteiger charge is -2.42. The van der Waals surface area contributed by atoms with Crippen molar-refractivity contribution < 1.29 is 14.7 Å². The number of hydrogen-bond donors (Lipinski definition) is 3. The highest BCUT2D eigenvalue weighted by atomic mass is 16.3. The average Bonchev–Trinajstić information content (AvgIpc) is 2.79. The summed E-state index contributed by atoms with van der Waals surface area (Å²) in [6, 6.07) is 17.9. The first-order valence-electron chi connectivity index (χ1n) is 11.2. The summed E-state index contributed by atoms with van der Waals surface area (Å²) in [7, 11) is 0. The Bertz CT molecular complexity index is 868. The molecule has 6 nitrogen and oxygen atoms in total. The molecule has 3 unspecified atom stereocenters. The van der Waals surface area contributed by atoms with E-state index in [4.69, 9.17) is 0 Å². The largest absolute Gasteiger partial charge is 0.376 e. The Hall–Kier alpha value is -2.70. The van der Waals surface area contributed by atoms with Gasteiger partial charge in [0, 0.05) is 12.6 Å². The molecule has 1 saturated carbocycles. The Balaban J connectivity index is 1.55. The van der Waals surface area contributed by atoms with E-state index in [0.29, 0.717) is 6.42 Å². The summed E-state index contributed by atoms with van der Waals surface area (Å²) in [4.78, 5) is 28.2. The van der Waals surface area contributed by atoms with Crippen LogP contribution in [0, 0.1) is 0 Å². The Kier molecular flexibility index (Phi) is 6.99. The topological polar surface area (TPSA) is 81.7 Å². The Labute approximate surface area is 183 Å². The van der Waals surface area contributed by atoms with Gasteiger partial charge in [-0.25, -0.2) is 0 Å². The van der Waals surface area contributed by atoms with Gasteiger partial charge >= 0.3 is 0 Å². The maximum absolute atomic E-state index is 13.5. The van der Waals surface area contributed by atoms with Crippen molar-refractivity contribution in [2.75, 3.05) is 0 Å². The summed E-state index contributed by atoms with van der Waals surface area (Å²) in [5, 5.41) is 17.0. The molecule has 4 rings (SSSR count). The van der Waals surface area contributed by atoms with Gasteiger partial charge in [-0.05, 0) is 30.4 Å². The summed E-state index contributed by atoms with van der Waals surface area (Å²) in [6.07, 6.45) is 4.62. The SMILES string of the molecule is O=C(NC1CCCCC1)C1C(O)NC(Cc2ccccc2)C(=O)N1Cc1ccccc1. The minimum Gasteiger partial charge on any atom is -0.376 e. The van der Waals surface area contributed by atoms with Crippen LogP contribution in [0.2, 0.25) is 0 Å². The monoisotopic (exact) mass is 421 g/mol. The van der Waals surface area contributed by atoms with Crippen molar-refractivity contribution in [3.8, 4) is 0 Å². The molecule has 1 aliphatic carbocycles. The second kappa shape index (κ2) is 10.1. The molecular formula is C25H31N3O3. The molecule has 31 heavy (non-hydrogen) atoms. The number of nitrogens with zero attached hydrogens (tertiary/aromatic N) is 1. The third-order valence-electron chi connectivity index (χ3n) is 6.29. The van der Waals surface area contributed by atoms with Gasteiger partial charge in [-0.15, -0.1) is 0 Å². The van der Waals surface area contributed by atoms with Gasteiger partial charge in [-0.1, -0.05) is 79.9 Å². The van der Waals surface area contributed by atoms with Gasteiger partial charge in [0.1, 0.15) is 6.23 Å². The summed E-state index contributed by atoms with van der Waals surface area (Å²) >= 11 is 0. The zero-order chi connectivity index (χ0) is 21.6. The van der Waals surface area contributed by atoms with E-state index < -0.39 is 18.3 Å². The quantitative estimate of drug-likeness (QED) is 0.669. The molecule has 2 aromatic carbocycles. The summed E-state index contributed by atoms with van der Waals surface area (Å²) in [5.74, 6) is -0.448. The van der Waals surface area contributed by atoms with Crippen molar-refractivity contribution in [1.82, 2.24) is 15.5 Å². The molecule has 164 valence electrons. The van der Waals surface area contributed by atoms with Crippen molar-refractivity contribution in [3.63, 3.8) is 0 Å². The van der Waals surface area contributed by atoms with Gasteiger partial charge in [0.25, 0.3) is 0 Å². The molecular weight excluding hydrogens is 390 g/mol. The Morgan fingerprint density at radius 2 is 1.58 bits per heavy atom. The molecule has 2 fully saturated rings. The highest BCUT2D eigenvalue weighted by molar-refractivity contribution is 5.92. The fourth-order valence-electron chi connectivity index (χ4n) is 4.65. The predicted octanol–water partition coefficient (Wildman–Crippen LogP) is 2.37. The number of piperazine rings is 1. The van der Waals surface area contributed by atoms with E-state index >= 15 is 0 Å². The number of aliphatic hydroxyl groups is 1. The van der Waals surface area contributed by atoms with Gasteiger partial charge in [-0.3, -0.25) is 14.9 Å². The Morgan fingerprint density at radius 3 is 2.23 bits per heavy atom. The van der Waals surface area contributed by atoms with Crippen LogP contribution in [0.15, 0.2) is 60.7 Å². The van der Waals surface area contributed by atoms with Gasteiger partial charge in [0.05, 0.1) is 6.04 Å². The second-order valence-electron chi connectivity index (χ2n) is 8.59. The summed E-state index contributed by atoms with van der Waals surface area (Å²) in [6.45, 7) is 0.284. The smallest absolute Gasteiger partial charge is 0.247 e. The van der Waals surface area contributed by atoms with E-state index in [0.717, 1.165) is 36.8 Å². The number of rotatable bonds is 6. The Morgan fingerprint density at radius 1 is 0.968 bits per heavy atom. The van der Waals surface area contributed by atoms with Crippen LogP contribution in [-0.2, 0) is 22.6 Å². The molecule has 0 bridgehead atoms. The summed E-state index contributed by atoms with van der Waals surface area (Å²) < 4.78 is 0. The number of hydrogen-bond acceptors (Lipinski definition) is 4. The number of aliphatic hydroxyl groups excluding tert-OH is 1. The first-order valence-corrected chi connectivity index (χ1v) is 11.2. The highest BCUT2D eigenvalue weighted by Crippen LogP contribution is 2.22. The molecule has 6 heteroatoms. The lowest BCUT2D eigenvalue weighted by molar-refractivity contribution is -0.156. The standard InChI is InChI=1S/C25H31N3O3/c29-23(26-20-14-8-3-9-15-20)22-24(30)27-21(16-18-10-4-1-5-11-18)25(31)28(22)17-19-12-6-2-7-13-19/h1-2,4-7,10-13,20-22,24,27,30H,3,8-9,14-17H2,(H,26,29). The van der Waals surface area contributed by atoms with Crippen LogP contribution in [0.25, 0.3) is 0 Å². The molecule has 2 aromatic rings. The third-order valence-corrected chi connectivity index (χ3v) is 6.29. The van der Waals surface area contributed by atoms with E-state index in [2.05, 4.69) is 10.6 Å². The number of carbonyl (C=O) groups is 2. The van der Waals surface area contributed by atoms with Crippen molar-refractivity contribution in [1.29, 1.82) is 0 Å². The van der Waals surface area contributed by atoms with Crippen LogP contribution in [0.5, 0.6) is 0 Å². The second-order valence-corrected chi connectivity index (χ2v) is 8.59. The van der Waals surface area contributed by atoms with Crippen LogP contribution in [0.4, 0.5) is 0 Å². The molecule has 2 amide bonds. The number of carbonyl (C=O) groups excluding carboxylic acids is 2. The lowest BCUT2D eigenvalue weighted by atomic mass is 9.94. The normalized spacial score (nSPS) is 24.7. The maximum Gasteiger partial charge on any atom is 0.247 e. The van der Waals surface area contributed by atoms with E-state index in [1.54, 1.807) is 4.90 Å². The molecule has 2 aliphatic rings. The van der Waals surface area contributed by atoms with Crippen LogP contribution in [0.3, 0.4) is 0 Å². The van der Waals surface area contributed by atoms with Gasteiger partial charge in [0.15, 0.2) is 6.04 Å². The fourth-order valence-corrected chi connectivity index (χ4v) is 4.65. The van der Waals surface area contributed by atoms with Crippen LogP contribution in [0.1, 0.15) is 43.2 Å². The van der Waals surface area contributed by atoms with E-state index in [1.807, 2.05) is 60.7 Å². The number of nitrogens with one attached hydrogen (secondary N) is 2. The molecule has 0 radical (unpaired) electrons. The molecule has 3 atom stereocenters. The molecule has 0 spiro atoms. The van der Waals surface area contributed by atoms with Crippen molar-refractivity contribution in [2.24, 2.45) is 0 Å². The molecule has 1 saturated heterocycles. The minimum absolute atomic E-state index is 0.115. The van der Waals surface area contributed by atoms with Gasteiger partial charge in [0.2, 0.25) is 11.8 Å². The highest BCUT2D eigenvalue weighted by Gasteiger charge is 2.44.